The Balaban J connectivity index is 1.31. The summed E-state index contributed by atoms with van der Waals surface area (Å²) in [5.74, 6) is 0.875. The molecule has 1 amide bonds. The topological polar surface area (TPSA) is 64.4 Å². The van der Waals surface area contributed by atoms with Crippen molar-refractivity contribution in [3.8, 4) is 17.2 Å². The summed E-state index contributed by atoms with van der Waals surface area (Å²) in [6.07, 6.45) is 0. The number of benzene rings is 4. The summed E-state index contributed by atoms with van der Waals surface area (Å²) in [4.78, 5) is 17.1. The van der Waals surface area contributed by atoms with Gasteiger partial charge in [-0.1, -0.05) is 48.0 Å². The summed E-state index contributed by atoms with van der Waals surface area (Å²) in [6.45, 7) is 1.82. The summed E-state index contributed by atoms with van der Waals surface area (Å²) in [6, 6.07) is 24.7. The minimum absolute atomic E-state index is 0.0939. The maximum Gasteiger partial charge on any atom is 0.262 e. The van der Waals surface area contributed by atoms with Crippen molar-refractivity contribution in [2.24, 2.45) is 0 Å². The molecule has 5 rings (SSSR count). The highest BCUT2D eigenvalue weighted by Gasteiger charge is 2.14. The van der Waals surface area contributed by atoms with Crippen LogP contribution in [-0.2, 0) is 4.79 Å². The molecule has 0 aliphatic rings. The molecule has 0 saturated carbocycles. The highest BCUT2D eigenvalue weighted by molar-refractivity contribution is 6.31. The van der Waals surface area contributed by atoms with Gasteiger partial charge in [-0.25, -0.2) is 4.98 Å². The molecule has 1 heterocycles. The van der Waals surface area contributed by atoms with Crippen molar-refractivity contribution < 1.29 is 13.9 Å². The number of aromatic nitrogens is 1. The van der Waals surface area contributed by atoms with Gasteiger partial charge in [0.15, 0.2) is 12.2 Å². The Hall–Kier alpha value is -3.83. The van der Waals surface area contributed by atoms with E-state index in [1.165, 1.54) is 0 Å². The molecular formula is C26H19ClN2O3. The third-order valence-corrected chi connectivity index (χ3v) is 5.51. The number of nitrogens with zero attached hydrogens (tertiary/aromatic N) is 1. The molecule has 1 aromatic heterocycles. The summed E-state index contributed by atoms with van der Waals surface area (Å²) in [5.41, 5.74) is 3.66. The van der Waals surface area contributed by atoms with Gasteiger partial charge in [0.25, 0.3) is 5.91 Å². The van der Waals surface area contributed by atoms with Crippen LogP contribution in [0.4, 0.5) is 5.69 Å². The normalized spacial score (nSPS) is 11.1. The number of nitrogens with one attached hydrogen (secondary N) is 1. The third-order valence-electron chi connectivity index (χ3n) is 5.28. The van der Waals surface area contributed by atoms with Gasteiger partial charge in [-0.05, 0) is 65.7 Å². The number of hydrogen-bond donors (Lipinski definition) is 1. The Labute approximate surface area is 189 Å². The van der Waals surface area contributed by atoms with Crippen LogP contribution < -0.4 is 10.1 Å². The third kappa shape index (κ3) is 4.03. The van der Waals surface area contributed by atoms with Crippen molar-refractivity contribution >= 4 is 45.1 Å². The van der Waals surface area contributed by atoms with Gasteiger partial charge < -0.3 is 14.5 Å². The molecule has 0 radical (unpaired) electrons. The number of fused-ring (bicyclic) bond motifs is 2. The molecule has 0 unspecified atom stereocenters. The Kier molecular flexibility index (Phi) is 5.25. The second-order valence-electron chi connectivity index (χ2n) is 7.46. The predicted molar refractivity (Wildman–Crippen MR) is 127 cm³/mol. The molecule has 0 atom stereocenters. The Morgan fingerprint density at radius 3 is 2.72 bits per heavy atom. The van der Waals surface area contributed by atoms with Gasteiger partial charge in [0.2, 0.25) is 5.89 Å². The van der Waals surface area contributed by atoms with Crippen LogP contribution in [0.1, 0.15) is 5.56 Å². The molecule has 0 saturated heterocycles. The van der Waals surface area contributed by atoms with Crippen LogP contribution in [0.25, 0.3) is 33.3 Å². The minimum Gasteiger partial charge on any atom is -0.484 e. The maximum atomic E-state index is 12.5. The maximum absolute atomic E-state index is 12.5. The van der Waals surface area contributed by atoms with E-state index in [0.29, 0.717) is 33.4 Å². The fourth-order valence-corrected chi connectivity index (χ4v) is 3.78. The number of ether oxygens (including phenoxy) is 1. The number of carbonyl (C=O) groups excluding carboxylic acids is 1. The lowest BCUT2D eigenvalue weighted by atomic mass is 10.1. The number of carbonyl (C=O) groups is 1. The molecule has 5 nitrogen and oxygen atoms in total. The standard InChI is InChI=1S/C26H19ClN2O3/c1-16-21(26-29-23-14-19(27)10-12-24(23)32-26)7-4-8-22(16)28-25(30)15-31-20-11-9-17-5-2-3-6-18(17)13-20/h2-14H,15H2,1H3,(H,28,30). The van der Waals surface area contributed by atoms with E-state index >= 15 is 0 Å². The predicted octanol–water partition coefficient (Wildman–Crippen LogP) is 6.63. The molecular weight excluding hydrogens is 424 g/mol. The lowest BCUT2D eigenvalue weighted by molar-refractivity contribution is -0.118. The van der Waals surface area contributed by atoms with Crippen LogP contribution in [0.3, 0.4) is 0 Å². The quantitative estimate of drug-likeness (QED) is 0.332. The molecule has 158 valence electrons. The second kappa shape index (κ2) is 8.36. The van der Waals surface area contributed by atoms with E-state index in [-0.39, 0.29) is 12.5 Å². The number of anilines is 1. The van der Waals surface area contributed by atoms with Gasteiger partial charge in [0, 0.05) is 16.3 Å². The molecule has 4 aromatic carbocycles. The van der Waals surface area contributed by atoms with Crippen LogP contribution in [0.15, 0.2) is 83.3 Å². The van der Waals surface area contributed by atoms with E-state index in [1.807, 2.05) is 67.6 Å². The number of halogens is 1. The first-order valence-electron chi connectivity index (χ1n) is 10.1. The molecule has 32 heavy (non-hydrogen) atoms. The molecule has 0 bridgehead atoms. The lowest BCUT2D eigenvalue weighted by Gasteiger charge is -2.12. The van der Waals surface area contributed by atoms with E-state index in [0.717, 1.165) is 21.9 Å². The second-order valence-corrected chi connectivity index (χ2v) is 7.89. The van der Waals surface area contributed by atoms with Crippen LogP contribution in [0.2, 0.25) is 5.02 Å². The number of rotatable bonds is 5. The van der Waals surface area contributed by atoms with Crippen LogP contribution in [-0.4, -0.2) is 17.5 Å². The van der Waals surface area contributed by atoms with Gasteiger partial charge in [-0.2, -0.15) is 0 Å². The lowest BCUT2D eigenvalue weighted by Crippen LogP contribution is -2.20. The van der Waals surface area contributed by atoms with Crippen molar-refractivity contribution in [1.82, 2.24) is 4.98 Å². The van der Waals surface area contributed by atoms with E-state index in [2.05, 4.69) is 10.3 Å². The Morgan fingerprint density at radius 1 is 1.00 bits per heavy atom. The van der Waals surface area contributed by atoms with Gasteiger partial charge in [-0.15, -0.1) is 0 Å². The average Bonchev–Trinajstić information content (AvgIpc) is 3.22. The fourth-order valence-electron chi connectivity index (χ4n) is 3.61. The Bertz CT molecular complexity index is 1460. The minimum atomic E-state index is -0.247. The monoisotopic (exact) mass is 442 g/mol. The highest BCUT2D eigenvalue weighted by atomic mass is 35.5. The summed E-state index contributed by atoms with van der Waals surface area (Å²) >= 11 is 6.05. The summed E-state index contributed by atoms with van der Waals surface area (Å²) in [7, 11) is 0. The molecule has 6 heteroatoms. The van der Waals surface area contributed by atoms with Crippen molar-refractivity contribution in [1.29, 1.82) is 0 Å². The molecule has 0 aliphatic carbocycles. The Morgan fingerprint density at radius 2 is 1.84 bits per heavy atom. The fraction of sp³-hybridized carbons (Fsp3) is 0.0769. The average molecular weight is 443 g/mol. The van der Waals surface area contributed by atoms with Crippen molar-refractivity contribution in [3.63, 3.8) is 0 Å². The first-order chi connectivity index (χ1) is 15.6. The smallest absolute Gasteiger partial charge is 0.262 e. The van der Waals surface area contributed by atoms with Gasteiger partial charge in [-0.3, -0.25) is 4.79 Å². The van der Waals surface area contributed by atoms with E-state index < -0.39 is 0 Å². The van der Waals surface area contributed by atoms with Crippen molar-refractivity contribution in [2.75, 3.05) is 11.9 Å². The zero-order chi connectivity index (χ0) is 22.1. The zero-order valence-corrected chi connectivity index (χ0v) is 18.0. The molecule has 0 spiro atoms. The first kappa shape index (κ1) is 20.1. The van der Waals surface area contributed by atoms with Crippen LogP contribution in [0, 0.1) is 6.92 Å². The van der Waals surface area contributed by atoms with Crippen molar-refractivity contribution in [2.45, 2.75) is 6.92 Å². The molecule has 0 fully saturated rings. The SMILES string of the molecule is Cc1c(NC(=O)COc2ccc3ccccc3c2)cccc1-c1nc2cc(Cl)ccc2o1. The van der Waals surface area contributed by atoms with Crippen LogP contribution in [0.5, 0.6) is 5.75 Å². The molecule has 1 N–H and O–H groups in total. The molecule has 0 aliphatic heterocycles. The van der Waals surface area contributed by atoms with Crippen LogP contribution >= 0.6 is 11.6 Å². The summed E-state index contributed by atoms with van der Waals surface area (Å²) < 4.78 is 11.6. The van der Waals surface area contributed by atoms with Crippen molar-refractivity contribution in [3.05, 3.63) is 89.4 Å². The van der Waals surface area contributed by atoms with E-state index in [1.54, 1.807) is 18.2 Å². The number of hydrogen-bond acceptors (Lipinski definition) is 4. The van der Waals surface area contributed by atoms with Gasteiger partial charge in [0.1, 0.15) is 11.3 Å². The van der Waals surface area contributed by atoms with E-state index in [4.69, 9.17) is 20.8 Å². The molecule has 5 aromatic rings. The first-order valence-corrected chi connectivity index (χ1v) is 10.5. The highest BCUT2D eigenvalue weighted by Crippen LogP contribution is 2.31. The number of oxazole rings is 1. The number of amides is 1. The van der Waals surface area contributed by atoms with Gasteiger partial charge >= 0.3 is 0 Å². The van der Waals surface area contributed by atoms with E-state index in [9.17, 15) is 4.79 Å². The summed E-state index contributed by atoms with van der Waals surface area (Å²) in [5, 5.41) is 5.70. The zero-order valence-electron chi connectivity index (χ0n) is 17.3. The largest absolute Gasteiger partial charge is 0.484 e. The van der Waals surface area contributed by atoms with Gasteiger partial charge in [0.05, 0.1) is 0 Å².